The van der Waals surface area contributed by atoms with Gasteiger partial charge in [-0.1, -0.05) is 36.5 Å². The van der Waals surface area contributed by atoms with Crippen LogP contribution in [0.5, 0.6) is 5.75 Å². The second-order valence-electron chi connectivity index (χ2n) is 6.19. The summed E-state index contributed by atoms with van der Waals surface area (Å²) in [5.41, 5.74) is 0.206. The number of fused-ring (bicyclic) bond motifs is 1. The lowest BCUT2D eigenvalue weighted by Gasteiger charge is -2.30. The summed E-state index contributed by atoms with van der Waals surface area (Å²) in [4.78, 5) is 12.8. The van der Waals surface area contributed by atoms with E-state index < -0.39 is 25.0 Å². The normalized spacial score (nSPS) is 20.5. The van der Waals surface area contributed by atoms with E-state index in [9.17, 15) is 14.5 Å². The zero-order valence-electron chi connectivity index (χ0n) is 15.4. The van der Waals surface area contributed by atoms with Crippen LogP contribution in [0.2, 0.25) is 5.02 Å². The minimum absolute atomic E-state index is 0.125. The van der Waals surface area contributed by atoms with Gasteiger partial charge in [-0.15, -0.1) is 0 Å². The fraction of sp³-hybridized carbons (Fsp3) is 0.316. The van der Waals surface area contributed by atoms with Crippen LogP contribution >= 0.6 is 31.8 Å². The molecule has 0 aliphatic carbocycles. The molecule has 9 heteroatoms. The molecule has 0 spiro atoms. The van der Waals surface area contributed by atoms with E-state index in [1.165, 1.54) is 10.4 Å². The molecule has 1 aliphatic rings. The summed E-state index contributed by atoms with van der Waals surface area (Å²) in [7, 11) is -3.78. The van der Waals surface area contributed by atoms with Crippen LogP contribution < -0.4 is 9.61 Å². The van der Waals surface area contributed by atoms with Gasteiger partial charge in [-0.3, -0.25) is 4.57 Å². The van der Waals surface area contributed by atoms with E-state index in [1.807, 2.05) is 0 Å². The molecule has 0 fully saturated rings. The molecule has 3 atom stereocenters. The van der Waals surface area contributed by atoms with Crippen molar-refractivity contribution in [2.45, 2.75) is 25.5 Å². The van der Waals surface area contributed by atoms with E-state index in [2.05, 4.69) is 12.8 Å². The Balaban J connectivity index is 2.26. The Morgan fingerprint density at radius 2 is 1.96 bits per heavy atom. The molecule has 0 bridgehead atoms. The second kappa shape index (κ2) is 8.37. The number of thiol groups is 1. The maximum atomic E-state index is 14.3. The molecule has 0 radical (unpaired) electrons. The first-order chi connectivity index (χ1) is 13.3. The van der Waals surface area contributed by atoms with Gasteiger partial charge < -0.3 is 18.7 Å². The number of para-hydroxylation sites is 1. The Morgan fingerprint density at radius 3 is 2.61 bits per heavy atom. The third-order valence-electron chi connectivity index (χ3n) is 4.55. The highest BCUT2D eigenvalue weighted by Crippen LogP contribution is 2.67. The number of hydrogen-bond donors (Lipinski definition) is 2. The van der Waals surface area contributed by atoms with Crippen molar-refractivity contribution in [2.75, 3.05) is 17.5 Å². The third-order valence-corrected chi connectivity index (χ3v) is 8.23. The first-order valence-electron chi connectivity index (χ1n) is 8.82. The monoisotopic (exact) mass is 441 g/mol. The smallest absolute Gasteiger partial charge is 0.331 e. The molecule has 1 heterocycles. The Morgan fingerprint density at radius 1 is 1.25 bits per heavy atom. The number of anilines is 1. The van der Waals surface area contributed by atoms with Gasteiger partial charge in [0.15, 0.2) is 6.04 Å². The highest BCUT2D eigenvalue weighted by atomic mass is 35.5. The zero-order valence-corrected chi connectivity index (χ0v) is 18.0. The number of phenolic OH excluding ortho intramolecular Hbond substituents is 1. The molecular weight excluding hydrogens is 421 g/mol. The molecule has 1 N–H and O–H groups in total. The number of phenols is 1. The van der Waals surface area contributed by atoms with E-state index in [-0.39, 0.29) is 24.3 Å². The number of halogens is 1. The molecule has 150 valence electrons. The van der Waals surface area contributed by atoms with E-state index in [0.29, 0.717) is 16.3 Å². The molecule has 3 rings (SSSR count). The van der Waals surface area contributed by atoms with Crippen LogP contribution in [0.15, 0.2) is 42.5 Å². The average molecular weight is 442 g/mol. The van der Waals surface area contributed by atoms with E-state index in [0.717, 1.165) is 0 Å². The highest BCUT2D eigenvalue weighted by molar-refractivity contribution is 7.82. The molecule has 28 heavy (non-hydrogen) atoms. The molecule has 2 aromatic rings. The fourth-order valence-corrected chi connectivity index (χ4v) is 7.04. The summed E-state index contributed by atoms with van der Waals surface area (Å²) in [6.45, 7) is 3.69. The number of aromatic hydroxyl groups is 1. The number of ether oxygens (including phenoxy) is 1. The maximum Gasteiger partial charge on any atom is 0.331 e. The van der Waals surface area contributed by atoms with Gasteiger partial charge in [0.2, 0.25) is 7.37 Å². The predicted octanol–water partition coefficient (Wildman–Crippen LogP) is 4.32. The second-order valence-corrected chi connectivity index (χ2v) is 9.55. The summed E-state index contributed by atoms with van der Waals surface area (Å²) in [6.07, 6.45) is 0. The van der Waals surface area contributed by atoms with Crippen molar-refractivity contribution in [3.63, 3.8) is 0 Å². The zero-order chi connectivity index (χ0) is 20.5. The molecule has 0 amide bonds. The first-order valence-corrected chi connectivity index (χ1v) is 11.3. The van der Waals surface area contributed by atoms with Gasteiger partial charge in [0.05, 0.1) is 29.9 Å². The average Bonchev–Trinajstić information content (AvgIpc) is 2.95. The summed E-state index contributed by atoms with van der Waals surface area (Å²) < 4.78 is 26.7. The summed E-state index contributed by atoms with van der Waals surface area (Å²) in [5, 5.41) is 11.0. The molecule has 3 unspecified atom stereocenters. The van der Waals surface area contributed by atoms with Gasteiger partial charge in [0, 0.05) is 5.02 Å². The lowest BCUT2D eigenvalue weighted by molar-refractivity contribution is -0.144. The molecule has 0 saturated carbocycles. The van der Waals surface area contributed by atoms with E-state index in [1.54, 1.807) is 50.2 Å². The third kappa shape index (κ3) is 3.52. The predicted molar refractivity (Wildman–Crippen MR) is 113 cm³/mol. The van der Waals surface area contributed by atoms with Gasteiger partial charge in [0.25, 0.3) is 0 Å². The van der Waals surface area contributed by atoms with Crippen LogP contribution in [0.1, 0.15) is 25.1 Å². The lowest BCUT2D eigenvalue weighted by Crippen LogP contribution is -2.38. The molecule has 1 aliphatic heterocycles. The number of rotatable bonds is 6. The van der Waals surface area contributed by atoms with Crippen molar-refractivity contribution in [3.8, 4) is 5.75 Å². The summed E-state index contributed by atoms with van der Waals surface area (Å²) >= 11 is 10.7. The standard InChI is InChI=1S/C19H21ClNO5PS/c1-3-25-19(23)17-18(13-11-12(20)9-10-14(13)21(17)28)27(24,26-4-2)16-8-6-5-7-15(16)22/h5-11,17-18,22,28H,3-4H2,1-2H3. The fourth-order valence-electron chi connectivity index (χ4n) is 3.47. The molecule has 0 aromatic heterocycles. The minimum Gasteiger partial charge on any atom is -0.507 e. The van der Waals surface area contributed by atoms with E-state index >= 15 is 0 Å². The maximum absolute atomic E-state index is 14.3. The highest BCUT2D eigenvalue weighted by Gasteiger charge is 2.54. The van der Waals surface area contributed by atoms with Gasteiger partial charge in [0.1, 0.15) is 5.75 Å². The number of carbonyl (C=O) groups excluding carboxylic acids is 1. The van der Waals surface area contributed by atoms with Crippen LogP contribution in [0.25, 0.3) is 0 Å². The van der Waals surface area contributed by atoms with Crippen molar-refractivity contribution < 1.29 is 23.7 Å². The number of hydrogen-bond acceptors (Lipinski definition) is 7. The topological polar surface area (TPSA) is 76.1 Å². The molecular formula is C19H21ClNO5PS. The van der Waals surface area contributed by atoms with Gasteiger partial charge >= 0.3 is 5.97 Å². The SMILES string of the molecule is CCOC(=O)C1C(P(=O)(OCC)c2ccccc2O)c2cc(Cl)ccc2N1S. The number of nitrogens with zero attached hydrogens (tertiary/aromatic N) is 1. The summed E-state index contributed by atoms with van der Waals surface area (Å²) in [6, 6.07) is 10.3. The molecule has 0 saturated heterocycles. The Hall–Kier alpha value is -1.66. The first kappa shape index (κ1) is 21.1. The van der Waals surface area contributed by atoms with E-state index in [4.69, 9.17) is 20.9 Å². The number of benzene rings is 2. The van der Waals surface area contributed by atoms with Crippen LogP contribution in [-0.2, 0) is 18.6 Å². The Kier molecular flexibility index (Phi) is 6.30. The van der Waals surface area contributed by atoms with Crippen LogP contribution in [0, 0.1) is 0 Å². The Bertz CT molecular complexity index is 940. The van der Waals surface area contributed by atoms with Crippen molar-refractivity contribution >= 4 is 48.7 Å². The number of carbonyl (C=O) groups is 1. The quantitative estimate of drug-likeness (QED) is 0.395. The lowest BCUT2D eigenvalue weighted by atomic mass is 10.1. The van der Waals surface area contributed by atoms with Crippen molar-refractivity contribution in [2.24, 2.45) is 0 Å². The number of esters is 1. The van der Waals surface area contributed by atoms with Gasteiger partial charge in [-0.25, -0.2) is 4.79 Å². The van der Waals surface area contributed by atoms with Crippen LogP contribution in [-0.4, -0.2) is 30.3 Å². The molecule has 2 aromatic carbocycles. The van der Waals surface area contributed by atoms with Gasteiger partial charge in [-0.2, -0.15) is 0 Å². The molecule has 6 nitrogen and oxygen atoms in total. The van der Waals surface area contributed by atoms with Gasteiger partial charge in [-0.05, 0) is 49.7 Å². The Labute approximate surface area is 174 Å². The van der Waals surface area contributed by atoms with Crippen molar-refractivity contribution in [1.82, 2.24) is 0 Å². The van der Waals surface area contributed by atoms with Crippen LogP contribution in [0.4, 0.5) is 5.69 Å². The van der Waals surface area contributed by atoms with Crippen molar-refractivity contribution in [1.29, 1.82) is 0 Å². The minimum atomic E-state index is -3.78. The van der Waals surface area contributed by atoms with Crippen LogP contribution in [0.3, 0.4) is 0 Å². The summed E-state index contributed by atoms with van der Waals surface area (Å²) in [5.74, 6) is -0.742. The van der Waals surface area contributed by atoms with Crippen molar-refractivity contribution in [3.05, 3.63) is 53.1 Å². The largest absolute Gasteiger partial charge is 0.507 e.